The lowest BCUT2D eigenvalue weighted by atomic mass is 10.1. The molecule has 0 spiro atoms. The number of benzene rings is 1. The fraction of sp³-hybridized carbons (Fsp3) is 0.118. The fourth-order valence-corrected chi connectivity index (χ4v) is 3.63. The Bertz CT molecular complexity index is 991. The second-order valence-electron chi connectivity index (χ2n) is 5.59. The summed E-state index contributed by atoms with van der Waals surface area (Å²) in [5.41, 5.74) is 1.46. The van der Waals surface area contributed by atoms with Gasteiger partial charge in [0.05, 0.1) is 4.91 Å². The van der Waals surface area contributed by atoms with E-state index in [0.717, 1.165) is 26.7 Å². The number of nitrogens with zero attached hydrogens (tertiary/aromatic N) is 3. The summed E-state index contributed by atoms with van der Waals surface area (Å²) < 4.78 is 6.50. The zero-order valence-corrected chi connectivity index (χ0v) is 16.5. The number of amides is 2. The minimum absolute atomic E-state index is 0.272. The molecule has 1 saturated heterocycles. The third-order valence-corrected chi connectivity index (χ3v) is 5.35. The lowest BCUT2D eigenvalue weighted by molar-refractivity contribution is -0.389. The summed E-state index contributed by atoms with van der Waals surface area (Å²) in [4.78, 5) is 38.9. The van der Waals surface area contributed by atoms with Crippen LogP contribution in [0, 0.1) is 17.0 Å². The molecule has 0 radical (unpaired) electrons. The monoisotopic (exact) mass is 449 g/mol. The highest BCUT2D eigenvalue weighted by Crippen LogP contribution is 2.36. The molecule has 0 unspecified atom stereocenters. The van der Waals surface area contributed by atoms with Crippen LogP contribution >= 0.6 is 27.7 Å². The quantitative estimate of drug-likeness (QED) is 0.383. The number of halogens is 1. The van der Waals surface area contributed by atoms with Crippen molar-refractivity contribution >= 4 is 50.7 Å². The molecule has 27 heavy (non-hydrogen) atoms. The van der Waals surface area contributed by atoms with E-state index in [1.54, 1.807) is 12.1 Å². The Morgan fingerprint density at radius 2 is 2.07 bits per heavy atom. The van der Waals surface area contributed by atoms with Gasteiger partial charge in [0.2, 0.25) is 0 Å². The number of ether oxygens (including phenoxy) is 1. The van der Waals surface area contributed by atoms with Crippen molar-refractivity contribution < 1.29 is 19.2 Å². The van der Waals surface area contributed by atoms with Crippen molar-refractivity contribution in [2.24, 2.45) is 0 Å². The van der Waals surface area contributed by atoms with Gasteiger partial charge < -0.3 is 14.9 Å². The molecule has 1 aromatic carbocycles. The Hall–Kier alpha value is -2.72. The number of likely N-dealkylation sites (N-methyl/N-ethyl adjacent to an activating group) is 1. The molecule has 8 nitrogen and oxygen atoms in total. The lowest BCUT2D eigenvalue weighted by Gasteiger charge is -2.10. The summed E-state index contributed by atoms with van der Waals surface area (Å²) in [6, 6.07) is 6.23. The van der Waals surface area contributed by atoms with E-state index >= 15 is 0 Å². The highest BCUT2D eigenvalue weighted by atomic mass is 79.9. The summed E-state index contributed by atoms with van der Waals surface area (Å²) in [6.45, 7) is 1.84. The molecule has 0 bridgehead atoms. The van der Waals surface area contributed by atoms with Crippen molar-refractivity contribution in [3.8, 4) is 11.5 Å². The van der Waals surface area contributed by atoms with E-state index in [0.29, 0.717) is 22.0 Å². The Kier molecular flexibility index (Phi) is 5.29. The van der Waals surface area contributed by atoms with E-state index in [2.05, 4.69) is 20.9 Å². The van der Waals surface area contributed by atoms with Gasteiger partial charge in [0.15, 0.2) is 11.9 Å². The zero-order valence-electron chi connectivity index (χ0n) is 14.1. The maximum Gasteiger partial charge on any atom is 0.363 e. The van der Waals surface area contributed by atoms with Gasteiger partial charge in [-0.15, -0.1) is 0 Å². The summed E-state index contributed by atoms with van der Waals surface area (Å²) in [5.74, 6) is 0.201. The van der Waals surface area contributed by atoms with Crippen molar-refractivity contribution in [1.82, 2.24) is 9.88 Å². The van der Waals surface area contributed by atoms with E-state index in [-0.39, 0.29) is 17.0 Å². The van der Waals surface area contributed by atoms with Gasteiger partial charge in [-0.1, -0.05) is 15.9 Å². The first kappa shape index (κ1) is 19.1. The van der Waals surface area contributed by atoms with Gasteiger partial charge in [-0.25, -0.2) is 0 Å². The largest absolute Gasteiger partial charge is 0.453 e. The molecule has 1 aliphatic rings. The van der Waals surface area contributed by atoms with Gasteiger partial charge in [-0.05, 0) is 64.0 Å². The first-order valence-corrected chi connectivity index (χ1v) is 9.17. The van der Waals surface area contributed by atoms with Gasteiger partial charge in [0, 0.05) is 17.6 Å². The van der Waals surface area contributed by atoms with Crippen LogP contribution < -0.4 is 4.74 Å². The first-order valence-electron chi connectivity index (χ1n) is 7.56. The molecular weight excluding hydrogens is 438 g/mol. The molecule has 1 aliphatic heterocycles. The molecule has 0 atom stereocenters. The summed E-state index contributed by atoms with van der Waals surface area (Å²) in [6.07, 6.45) is 2.88. The minimum Gasteiger partial charge on any atom is -0.453 e. The van der Waals surface area contributed by atoms with E-state index in [1.165, 1.54) is 25.4 Å². The lowest BCUT2D eigenvalue weighted by Crippen LogP contribution is -2.22. The summed E-state index contributed by atoms with van der Waals surface area (Å²) in [5, 5.41) is 10.3. The standard InChI is InChI=1S/C17H12BrN3O5S/c1-9-5-12(18)10(7-14-16(22)20(2)17(23)27-14)6-13(9)26-11-3-4-15(19-8-11)21(24)25/h3-8H,1-2H3/b14-7-. The van der Waals surface area contributed by atoms with E-state index in [1.807, 2.05) is 13.0 Å². The highest BCUT2D eigenvalue weighted by Gasteiger charge is 2.32. The number of thioether (sulfide) groups is 1. The van der Waals surface area contributed by atoms with Gasteiger partial charge >= 0.3 is 5.82 Å². The van der Waals surface area contributed by atoms with Crippen LogP contribution in [0.1, 0.15) is 11.1 Å². The summed E-state index contributed by atoms with van der Waals surface area (Å²) >= 11 is 4.31. The summed E-state index contributed by atoms with van der Waals surface area (Å²) in [7, 11) is 1.43. The molecule has 0 N–H and O–H groups in total. The number of carbonyl (C=O) groups is 2. The molecule has 3 rings (SSSR count). The number of hydrogen-bond donors (Lipinski definition) is 0. The molecule has 1 aromatic heterocycles. The van der Waals surface area contributed by atoms with Gasteiger partial charge in [-0.3, -0.25) is 14.5 Å². The maximum atomic E-state index is 12.1. The molecule has 0 saturated carbocycles. The molecular formula is C17H12BrN3O5S. The SMILES string of the molecule is Cc1cc(Br)c(/C=C2\SC(=O)N(C)C2=O)cc1Oc1ccc([N+](=O)[O-])nc1. The second kappa shape index (κ2) is 7.49. The number of carbonyl (C=O) groups excluding carboxylic acids is 2. The van der Waals surface area contributed by atoms with Crippen LogP contribution in [0.4, 0.5) is 10.6 Å². The number of imide groups is 1. The molecule has 138 valence electrons. The smallest absolute Gasteiger partial charge is 0.363 e. The predicted molar refractivity (Wildman–Crippen MR) is 104 cm³/mol. The molecule has 10 heteroatoms. The number of nitro groups is 1. The number of hydrogen-bond acceptors (Lipinski definition) is 7. The third kappa shape index (κ3) is 4.01. The maximum absolute atomic E-state index is 12.1. The predicted octanol–water partition coefficient (Wildman–Crippen LogP) is 4.52. The van der Waals surface area contributed by atoms with Gasteiger partial charge in [0.1, 0.15) is 5.75 Å². The van der Waals surface area contributed by atoms with Crippen molar-refractivity contribution in [2.75, 3.05) is 7.05 Å². The van der Waals surface area contributed by atoms with Crippen LogP contribution in [0.3, 0.4) is 0 Å². The number of aryl methyl sites for hydroxylation is 1. The van der Waals surface area contributed by atoms with E-state index in [9.17, 15) is 19.7 Å². The minimum atomic E-state index is -0.590. The zero-order chi connectivity index (χ0) is 19.7. The highest BCUT2D eigenvalue weighted by molar-refractivity contribution is 9.10. The Balaban J connectivity index is 1.91. The van der Waals surface area contributed by atoms with Crippen LogP contribution in [0.25, 0.3) is 6.08 Å². The van der Waals surface area contributed by atoms with Crippen molar-refractivity contribution in [3.05, 3.63) is 61.1 Å². The van der Waals surface area contributed by atoms with E-state index in [4.69, 9.17) is 4.74 Å². The van der Waals surface area contributed by atoms with Gasteiger partial charge in [-0.2, -0.15) is 0 Å². The molecule has 0 aliphatic carbocycles. The average molecular weight is 450 g/mol. The average Bonchev–Trinajstić information content (AvgIpc) is 2.86. The normalized spacial score (nSPS) is 15.5. The Morgan fingerprint density at radius 3 is 2.63 bits per heavy atom. The topological polar surface area (TPSA) is 103 Å². The first-order chi connectivity index (χ1) is 12.8. The molecule has 2 amide bonds. The van der Waals surface area contributed by atoms with E-state index < -0.39 is 4.92 Å². The third-order valence-electron chi connectivity index (χ3n) is 3.70. The molecule has 1 fully saturated rings. The Morgan fingerprint density at radius 1 is 1.33 bits per heavy atom. The van der Waals surface area contributed by atoms with Crippen molar-refractivity contribution in [3.63, 3.8) is 0 Å². The van der Waals surface area contributed by atoms with Crippen LogP contribution in [-0.4, -0.2) is 33.0 Å². The van der Waals surface area contributed by atoms with Crippen molar-refractivity contribution in [1.29, 1.82) is 0 Å². The van der Waals surface area contributed by atoms with Crippen LogP contribution in [0.5, 0.6) is 11.5 Å². The van der Waals surface area contributed by atoms with Crippen LogP contribution in [0.15, 0.2) is 39.8 Å². The molecule has 2 heterocycles. The number of rotatable bonds is 4. The van der Waals surface area contributed by atoms with Gasteiger partial charge in [0.25, 0.3) is 11.1 Å². The number of aromatic nitrogens is 1. The number of pyridine rings is 1. The fourth-order valence-electron chi connectivity index (χ4n) is 2.24. The van der Waals surface area contributed by atoms with Crippen LogP contribution in [0.2, 0.25) is 0 Å². The molecule has 2 aromatic rings. The van der Waals surface area contributed by atoms with Crippen molar-refractivity contribution in [2.45, 2.75) is 6.92 Å². The van der Waals surface area contributed by atoms with Crippen LogP contribution in [-0.2, 0) is 4.79 Å². The second-order valence-corrected chi connectivity index (χ2v) is 7.44. The Labute approximate surface area is 166 Å².